The van der Waals surface area contributed by atoms with Gasteiger partial charge < -0.3 is 4.74 Å². The highest BCUT2D eigenvalue weighted by atomic mass is 127. The second-order valence-corrected chi connectivity index (χ2v) is 10.3. The zero-order valence-electron chi connectivity index (χ0n) is 14.4. The molecule has 1 unspecified atom stereocenters. The van der Waals surface area contributed by atoms with Gasteiger partial charge in [0.2, 0.25) is 10.0 Å². The number of esters is 1. The van der Waals surface area contributed by atoms with E-state index in [9.17, 15) is 13.2 Å². The molecular weight excluding hydrogens is 485 g/mol. The number of halogens is 1. The lowest BCUT2D eigenvalue weighted by Gasteiger charge is -2.19. The van der Waals surface area contributed by atoms with Crippen LogP contribution in [0.15, 0.2) is 41.3 Å². The first-order valence-electron chi connectivity index (χ1n) is 7.95. The zero-order valence-corrected chi connectivity index (χ0v) is 18.2. The fourth-order valence-corrected chi connectivity index (χ4v) is 5.90. The summed E-state index contributed by atoms with van der Waals surface area (Å²) < 4.78 is 36.1. The summed E-state index contributed by atoms with van der Waals surface area (Å²) in [5.74, 6) is -0.828. The average molecular weight is 503 g/mol. The maximum atomic E-state index is 12.8. The summed E-state index contributed by atoms with van der Waals surface area (Å²) in [6.07, 6.45) is 0. The minimum Gasteiger partial charge on any atom is -0.468 e. The Kier molecular flexibility index (Phi) is 5.57. The Hall–Kier alpha value is -1.23. The smallest absolute Gasteiger partial charge is 0.324 e. The minimum absolute atomic E-state index is 0.137. The molecule has 0 fully saturated rings. The van der Waals surface area contributed by atoms with Gasteiger partial charge in [0.05, 0.1) is 12.0 Å². The van der Waals surface area contributed by atoms with Gasteiger partial charge in [0.25, 0.3) is 0 Å². The molecule has 5 nitrogen and oxygen atoms in total. The molecule has 0 amide bonds. The number of methoxy groups -OCH3 is 1. The number of carbonyl (C=O) groups is 1. The van der Waals surface area contributed by atoms with Crippen molar-refractivity contribution in [1.82, 2.24) is 4.72 Å². The quantitative estimate of drug-likeness (QED) is 0.420. The third-order valence-corrected chi connectivity index (χ3v) is 7.36. The molecule has 0 bridgehead atoms. The molecular formula is C18H18INO4S2. The van der Waals surface area contributed by atoms with Crippen molar-refractivity contribution in [3.63, 3.8) is 0 Å². The fourth-order valence-electron chi connectivity index (χ4n) is 2.72. The summed E-state index contributed by atoms with van der Waals surface area (Å²) in [4.78, 5) is 12.0. The molecule has 0 aliphatic rings. The van der Waals surface area contributed by atoms with E-state index in [1.807, 2.05) is 18.2 Å². The van der Waals surface area contributed by atoms with E-state index in [4.69, 9.17) is 4.74 Å². The lowest BCUT2D eigenvalue weighted by atomic mass is 10.1. The number of sulfonamides is 1. The van der Waals surface area contributed by atoms with Crippen LogP contribution < -0.4 is 4.72 Å². The van der Waals surface area contributed by atoms with Crippen LogP contribution in [0.5, 0.6) is 0 Å². The first-order valence-corrected chi connectivity index (χ1v) is 11.3. The molecule has 26 heavy (non-hydrogen) atoms. The van der Waals surface area contributed by atoms with Gasteiger partial charge in [-0.2, -0.15) is 4.72 Å². The van der Waals surface area contributed by atoms with Crippen LogP contribution in [0.3, 0.4) is 0 Å². The summed E-state index contributed by atoms with van der Waals surface area (Å²) in [7, 11) is -2.61. The van der Waals surface area contributed by atoms with Crippen molar-refractivity contribution in [2.24, 2.45) is 5.92 Å². The van der Waals surface area contributed by atoms with Gasteiger partial charge in [-0.3, -0.25) is 4.79 Å². The van der Waals surface area contributed by atoms with Crippen molar-refractivity contribution in [3.8, 4) is 0 Å². The number of hydrogen-bond acceptors (Lipinski definition) is 5. The van der Waals surface area contributed by atoms with Gasteiger partial charge in [-0.05, 0) is 58.8 Å². The minimum atomic E-state index is -3.85. The van der Waals surface area contributed by atoms with E-state index in [2.05, 4.69) is 33.4 Å². The van der Waals surface area contributed by atoms with Crippen LogP contribution >= 0.6 is 33.9 Å². The van der Waals surface area contributed by atoms with Crippen LogP contribution in [-0.4, -0.2) is 27.5 Å². The van der Waals surface area contributed by atoms with Gasteiger partial charge in [-0.25, -0.2) is 8.42 Å². The summed E-state index contributed by atoms with van der Waals surface area (Å²) >= 11 is 3.89. The summed E-state index contributed by atoms with van der Waals surface area (Å²) in [6, 6.07) is 10.2. The van der Waals surface area contributed by atoms with Gasteiger partial charge in [0, 0.05) is 23.7 Å². The largest absolute Gasteiger partial charge is 0.468 e. The van der Waals surface area contributed by atoms with Gasteiger partial charge in [0.1, 0.15) is 6.04 Å². The van der Waals surface area contributed by atoms with E-state index in [0.29, 0.717) is 0 Å². The number of benzene rings is 2. The number of rotatable bonds is 5. The molecule has 138 valence electrons. The zero-order chi connectivity index (χ0) is 19.1. The second-order valence-electron chi connectivity index (χ2n) is 6.27. The molecule has 1 atom stereocenters. The van der Waals surface area contributed by atoms with Crippen LogP contribution in [0.1, 0.15) is 13.8 Å². The molecule has 3 aromatic rings. The number of ether oxygens (including phenoxy) is 1. The van der Waals surface area contributed by atoms with Crippen molar-refractivity contribution in [2.75, 3.05) is 7.11 Å². The molecule has 0 saturated heterocycles. The molecule has 1 N–H and O–H groups in total. The van der Waals surface area contributed by atoms with Crippen molar-refractivity contribution in [2.45, 2.75) is 24.8 Å². The van der Waals surface area contributed by atoms with Crippen LogP contribution in [0.4, 0.5) is 0 Å². The van der Waals surface area contributed by atoms with Crippen LogP contribution in [0.25, 0.3) is 20.2 Å². The Morgan fingerprint density at radius 3 is 2.50 bits per heavy atom. The highest BCUT2D eigenvalue weighted by Crippen LogP contribution is 2.35. The molecule has 8 heteroatoms. The maximum Gasteiger partial charge on any atom is 0.324 e. The Morgan fingerprint density at radius 1 is 1.12 bits per heavy atom. The first kappa shape index (κ1) is 19.5. The topological polar surface area (TPSA) is 72.5 Å². The Labute approximate surface area is 169 Å². The number of fused-ring (bicyclic) bond motifs is 3. The Balaban J connectivity index is 2.06. The van der Waals surface area contributed by atoms with Gasteiger partial charge >= 0.3 is 5.97 Å². The summed E-state index contributed by atoms with van der Waals surface area (Å²) in [6.45, 7) is 3.53. The highest BCUT2D eigenvalue weighted by molar-refractivity contribution is 14.1. The lowest BCUT2D eigenvalue weighted by molar-refractivity contribution is -0.143. The molecule has 2 aromatic carbocycles. The van der Waals surface area contributed by atoms with Gasteiger partial charge in [-0.1, -0.05) is 19.9 Å². The molecule has 0 saturated carbocycles. The van der Waals surface area contributed by atoms with Crippen LogP contribution in [-0.2, 0) is 19.6 Å². The van der Waals surface area contributed by atoms with E-state index < -0.39 is 22.0 Å². The maximum absolute atomic E-state index is 12.8. The van der Waals surface area contributed by atoms with E-state index in [1.54, 1.807) is 37.3 Å². The van der Waals surface area contributed by atoms with Crippen LogP contribution in [0.2, 0.25) is 0 Å². The summed E-state index contributed by atoms with van der Waals surface area (Å²) in [5, 5.41) is 1.92. The number of nitrogens with one attached hydrogen (secondary N) is 1. The highest BCUT2D eigenvalue weighted by Gasteiger charge is 2.29. The monoisotopic (exact) mass is 503 g/mol. The van der Waals surface area contributed by atoms with Crippen molar-refractivity contribution in [3.05, 3.63) is 40.0 Å². The molecule has 0 radical (unpaired) electrons. The summed E-state index contributed by atoms with van der Waals surface area (Å²) in [5.41, 5.74) is 0. The standard InChI is InChI=1S/C18H18INO4S2/c1-10(2)17(18(21)24-3)20-26(22,23)12-5-7-15-14(9-12)13-6-4-11(19)8-16(13)25-15/h4-10,17,20H,1-3H3. The second kappa shape index (κ2) is 7.41. The average Bonchev–Trinajstić information content (AvgIpc) is 2.95. The van der Waals surface area contributed by atoms with E-state index in [1.165, 1.54) is 7.11 Å². The van der Waals surface area contributed by atoms with E-state index in [-0.39, 0.29) is 10.8 Å². The molecule has 0 aliphatic heterocycles. The predicted molar refractivity (Wildman–Crippen MR) is 113 cm³/mol. The van der Waals surface area contributed by atoms with Crippen LogP contribution in [0, 0.1) is 9.49 Å². The molecule has 1 aromatic heterocycles. The molecule has 1 heterocycles. The molecule has 0 aliphatic carbocycles. The third kappa shape index (κ3) is 3.73. The number of thiophene rings is 1. The van der Waals surface area contributed by atoms with E-state index >= 15 is 0 Å². The predicted octanol–water partition coefficient (Wildman–Crippen LogP) is 4.14. The lowest BCUT2D eigenvalue weighted by Crippen LogP contribution is -2.44. The number of carbonyl (C=O) groups excluding carboxylic acids is 1. The molecule has 3 rings (SSSR count). The normalized spacial score (nSPS) is 13.4. The Morgan fingerprint density at radius 2 is 1.85 bits per heavy atom. The van der Waals surface area contributed by atoms with Gasteiger partial charge in [-0.15, -0.1) is 11.3 Å². The Bertz CT molecular complexity index is 1090. The van der Waals surface area contributed by atoms with Crippen molar-refractivity contribution in [1.29, 1.82) is 0 Å². The van der Waals surface area contributed by atoms with Crippen molar-refractivity contribution >= 4 is 70.1 Å². The SMILES string of the molecule is COC(=O)C(NS(=O)(=O)c1ccc2sc3cc(I)ccc3c2c1)C(C)C. The third-order valence-electron chi connectivity index (χ3n) is 4.12. The fraction of sp³-hybridized carbons (Fsp3) is 0.278. The van der Waals surface area contributed by atoms with Crippen molar-refractivity contribution < 1.29 is 17.9 Å². The molecule has 0 spiro atoms. The first-order chi connectivity index (χ1) is 12.2. The number of hydrogen-bond donors (Lipinski definition) is 1. The van der Waals surface area contributed by atoms with E-state index in [0.717, 1.165) is 23.7 Å². The van der Waals surface area contributed by atoms with Gasteiger partial charge in [0.15, 0.2) is 0 Å².